The molecule has 0 aliphatic carbocycles. The van der Waals surface area contributed by atoms with Gasteiger partial charge >= 0.3 is 0 Å². The lowest BCUT2D eigenvalue weighted by molar-refractivity contribution is -0.00196. The van der Waals surface area contributed by atoms with Crippen LogP contribution in [-0.2, 0) is 0 Å². The third kappa shape index (κ3) is 2.25. The van der Waals surface area contributed by atoms with Crippen molar-refractivity contribution in [1.82, 2.24) is 9.88 Å². The Hall–Kier alpha value is -2.01. The van der Waals surface area contributed by atoms with Gasteiger partial charge in [0.2, 0.25) is 0 Å². The highest BCUT2D eigenvalue weighted by molar-refractivity contribution is 6.07. The van der Waals surface area contributed by atoms with Crippen LogP contribution >= 0.6 is 0 Å². The number of nitrogens with two attached hydrogens (primary N) is 1. The Morgan fingerprint density at radius 1 is 1.40 bits per heavy atom. The molecule has 0 radical (unpaired) electrons. The van der Waals surface area contributed by atoms with Crippen molar-refractivity contribution in [2.75, 3.05) is 18.8 Å². The molecule has 1 saturated heterocycles. The molecule has 2 aromatic rings. The average Bonchev–Trinajstić information content (AvgIpc) is 2.80. The molecule has 2 heterocycles. The molecule has 1 aromatic carbocycles. The molecule has 0 saturated carbocycles. The van der Waals surface area contributed by atoms with Gasteiger partial charge in [0, 0.05) is 35.9 Å². The van der Waals surface area contributed by atoms with Crippen molar-refractivity contribution in [3.05, 3.63) is 30.0 Å². The first-order valence-electron chi connectivity index (χ1n) is 6.84. The molecule has 1 fully saturated rings. The fourth-order valence-corrected chi connectivity index (χ4v) is 2.68. The van der Waals surface area contributed by atoms with Crippen molar-refractivity contribution in [3.63, 3.8) is 0 Å². The summed E-state index contributed by atoms with van der Waals surface area (Å²) in [5.41, 5.74) is 7.31. The summed E-state index contributed by atoms with van der Waals surface area (Å²) in [5, 5.41) is 10.8. The van der Waals surface area contributed by atoms with Crippen molar-refractivity contribution in [3.8, 4) is 0 Å². The lowest BCUT2D eigenvalue weighted by Crippen LogP contribution is -2.45. The largest absolute Gasteiger partial charge is 0.399 e. The van der Waals surface area contributed by atoms with Crippen LogP contribution in [0.4, 0.5) is 5.69 Å². The van der Waals surface area contributed by atoms with Gasteiger partial charge < -0.3 is 20.7 Å². The number of carbonyl (C=O) groups excluding carboxylic acids is 1. The summed E-state index contributed by atoms with van der Waals surface area (Å²) in [6.07, 6.45) is 2.97. The Labute approximate surface area is 117 Å². The number of carbonyl (C=O) groups is 1. The minimum Gasteiger partial charge on any atom is -0.399 e. The van der Waals surface area contributed by atoms with E-state index in [2.05, 4.69) is 4.98 Å². The van der Waals surface area contributed by atoms with E-state index in [0.29, 0.717) is 37.2 Å². The minimum atomic E-state index is -0.647. The molecule has 0 spiro atoms. The number of amides is 1. The van der Waals surface area contributed by atoms with Gasteiger partial charge in [0.15, 0.2) is 0 Å². The molecule has 4 N–H and O–H groups in total. The number of benzene rings is 1. The molecule has 5 nitrogen and oxygen atoms in total. The number of nitrogen functional groups attached to an aromatic ring is 1. The Balaban J connectivity index is 1.86. The molecule has 1 amide bonds. The van der Waals surface area contributed by atoms with Gasteiger partial charge in [-0.3, -0.25) is 4.79 Å². The zero-order chi connectivity index (χ0) is 14.3. The van der Waals surface area contributed by atoms with Gasteiger partial charge in [-0.2, -0.15) is 0 Å². The van der Waals surface area contributed by atoms with Crippen molar-refractivity contribution in [2.24, 2.45) is 0 Å². The van der Waals surface area contributed by atoms with Crippen LogP contribution in [0.2, 0.25) is 0 Å². The summed E-state index contributed by atoms with van der Waals surface area (Å²) in [6.45, 7) is 3.00. The van der Waals surface area contributed by atoms with E-state index in [-0.39, 0.29) is 5.91 Å². The minimum absolute atomic E-state index is 0.0107. The Bertz CT molecular complexity index is 650. The van der Waals surface area contributed by atoms with Crippen LogP contribution in [0.5, 0.6) is 0 Å². The zero-order valence-electron chi connectivity index (χ0n) is 11.5. The summed E-state index contributed by atoms with van der Waals surface area (Å²) in [4.78, 5) is 17.5. The number of aliphatic hydroxyl groups is 1. The van der Waals surface area contributed by atoms with Crippen molar-refractivity contribution in [2.45, 2.75) is 25.4 Å². The number of nitrogens with zero attached hydrogens (tertiary/aromatic N) is 1. The standard InChI is InChI=1S/C15H19N3O2/c1-15(20)4-6-18(7-5-15)14(19)12-9-17-13-8-10(16)2-3-11(12)13/h2-3,8-9,17,20H,4-7,16H2,1H3. The van der Waals surface area contributed by atoms with Crippen molar-refractivity contribution < 1.29 is 9.90 Å². The number of rotatable bonds is 1. The number of likely N-dealkylation sites (tertiary alicyclic amines) is 1. The maximum atomic E-state index is 12.6. The van der Waals surface area contributed by atoms with Gasteiger partial charge in [0.05, 0.1) is 11.2 Å². The number of aromatic nitrogens is 1. The topological polar surface area (TPSA) is 82.3 Å². The van der Waals surface area contributed by atoms with Gasteiger partial charge in [-0.15, -0.1) is 0 Å². The molecule has 0 unspecified atom stereocenters. The number of nitrogens with one attached hydrogen (secondary N) is 1. The number of H-pyrrole nitrogens is 1. The third-order valence-corrected chi connectivity index (χ3v) is 4.06. The predicted molar refractivity (Wildman–Crippen MR) is 78.5 cm³/mol. The number of hydrogen-bond donors (Lipinski definition) is 3. The molecule has 3 rings (SSSR count). The Morgan fingerprint density at radius 2 is 2.10 bits per heavy atom. The maximum absolute atomic E-state index is 12.6. The second-order valence-corrected chi connectivity index (χ2v) is 5.80. The van der Waals surface area contributed by atoms with Gasteiger partial charge in [-0.1, -0.05) is 0 Å². The van der Waals surface area contributed by atoms with E-state index < -0.39 is 5.60 Å². The van der Waals surface area contributed by atoms with Crippen LogP contribution in [0.15, 0.2) is 24.4 Å². The van der Waals surface area contributed by atoms with Crippen LogP contribution in [0, 0.1) is 0 Å². The molecule has 1 aliphatic rings. The highest BCUT2D eigenvalue weighted by Gasteiger charge is 2.30. The zero-order valence-corrected chi connectivity index (χ0v) is 11.5. The van der Waals surface area contributed by atoms with Gasteiger partial charge in [0.1, 0.15) is 0 Å². The second-order valence-electron chi connectivity index (χ2n) is 5.80. The Morgan fingerprint density at radius 3 is 2.80 bits per heavy atom. The fraction of sp³-hybridized carbons (Fsp3) is 0.400. The predicted octanol–water partition coefficient (Wildman–Crippen LogP) is 1.74. The molecular weight excluding hydrogens is 254 g/mol. The van der Waals surface area contributed by atoms with Crippen LogP contribution < -0.4 is 5.73 Å². The normalized spacial score (nSPS) is 18.4. The highest BCUT2D eigenvalue weighted by Crippen LogP contribution is 2.26. The molecule has 0 bridgehead atoms. The maximum Gasteiger partial charge on any atom is 0.256 e. The number of fused-ring (bicyclic) bond motifs is 1. The van der Waals surface area contributed by atoms with Crippen molar-refractivity contribution >= 4 is 22.5 Å². The first-order valence-corrected chi connectivity index (χ1v) is 6.84. The number of anilines is 1. The van der Waals surface area contributed by atoms with Crippen LogP contribution in [0.1, 0.15) is 30.1 Å². The molecule has 106 valence electrons. The second kappa shape index (κ2) is 4.52. The summed E-state index contributed by atoms with van der Waals surface area (Å²) >= 11 is 0. The van der Waals surface area contributed by atoms with E-state index in [1.54, 1.807) is 17.2 Å². The van der Waals surface area contributed by atoms with Gasteiger partial charge in [0.25, 0.3) is 5.91 Å². The first-order chi connectivity index (χ1) is 9.46. The highest BCUT2D eigenvalue weighted by atomic mass is 16.3. The van der Waals surface area contributed by atoms with E-state index >= 15 is 0 Å². The number of aromatic amines is 1. The van der Waals surface area contributed by atoms with E-state index in [1.807, 2.05) is 19.1 Å². The van der Waals surface area contributed by atoms with E-state index in [0.717, 1.165) is 10.9 Å². The summed E-state index contributed by atoms with van der Waals surface area (Å²) in [7, 11) is 0. The smallest absolute Gasteiger partial charge is 0.256 e. The molecular formula is C15H19N3O2. The molecule has 20 heavy (non-hydrogen) atoms. The first kappa shape index (κ1) is 13.0. The monoisotopic (exact) mass is 273 g/mol. The molecule has 1 aromatic heterocycles. The van der Waals surface area contributed by atoms with Crippen LogP contribution in [0.3, 0.4) is 0 Å². The Kier molecular flexibility index (Phi) is 2.94. The summed E-state index contributed by atoms with van der Waals surface area (Å²) < 4.78 is 0. The quantitative estimate of drug-likeness (QED) is 0.692. The summed E-state index contributed by atoms with van der Waals surface area (Å²) in [6, 6.07) is 5.50. The summed E-state index contributed by atoms with van der Waals surface area (Å²) in [5.74, 6) is 0.0107. The molecule has 5 heteroatoms. The SMILES string of the molecule is CC1(O)CCN(C(=O)c2c[nH]c3cc(N)ccc23)CC1. The van der Waals surface area contributed by atoms with Crippen LogP contribution in [-0.4, -0.2) is 39.6 Å². The average molecular weight is 273 g/mol. The van der Waals surface area contributed by atoms with E-state index in [4.69, 9.17) is 5.73 Å². The lowest BCUT2D eigenvalue weighted by Gasteiger charge is -2.35. The lowest BCUT2D eigenvalue weighted by atomic mass is 9.93. The van der Waals surface area contributed by atoms with Gasteiger partial charge in [-0.05, 0) is 38.0 Å². The number of piperidine rings is 1. The number of hydrogen-bond acceptors (Lipinski definition) is 3. The van der Waals surface area contributed by atoms with Crippen molar-refractivity contribution in [1.29, 1.82) is 0 Å². The van der Waals surface area contributed by atoms with Gasteiger partial charge in [-0.25, -0.2) is 0 Å². The third-order valence-electron chi connectivity index (χ3n) is 4.06. The molecule has 0 atom stereocenters. The fourth-order valence-electron chi connectivity index (χ4n) is 2.68. The molecule has 1 aliphatic heterocycles. The van der Waals surface area contributed by atoms with E-state index in [9.17, 15) is 9.90 Å². The van der Waals surface area contributed by atoms with E-state index in [1.165, 1.54) is 0 Å². The van der Waals surface area contributed by atoms with Crippen LogP contribution in [0.25, 0.3) is 10.9 Å².